The number of rotatable bonds is 5. The maximum atomic E-state index is 6.25. The van der Waals surface area contributed by atoms with Crippen LogP contribution in [0.4, 0.5) is 0 Å². The third-order valence-corrected chi connectivity index (χ3v) is 4.33. The SMILES string of the molecule is CC(NCCN1CCCC1)c1ccc(Br)cc1Cl. The summed E-state index contributed by atoms with van der Waals surface area (Å²) in [6.07, 6.45) is 2.71. The van der Waals surface area contributed by atoms with Crippen LogP contribution in [0.1, 0.15) is 31.4 Å². The largest absolute Gasteiger partial charge is 0.309 e. The maximum Gasteiger partial charge on any atom is 0.0464 e. The first-order chi connectivity index (χ1) is 8.66. The van der Waals surface area contributed by atoms with Gasteiger partial charge in [-0.1, -0.05) is 33.6 Å². The molecular formula is C14H20BrClN2. The van der Waals surface area contributed by atoms with E-state index in [1.54, 1.807) is 0 Å². The van der Waals surface area contributed by atoms with E-state index in [9.17, 15) is 0 Å². The number of nitrogens with one attached hydrogen (secondary N) is 1. The Morgan fingerprint density at radius 3 is 2.78 bits per heavy atom. The number of likely N-dealkylation sites (tertiary alicyclic amines) is 1. The van der Waals surface area contributed by atoms with Crippen molar-refractivity contribution in [3.8, 4) is 0 Å². The summed E-state index contributed by atoms with van der Waals surface area (Å²) >= 11 is 9.68. The molecule has 1 heterocycles. The molecule has 0 bridgehead atoms. The topological polar surface area (TPSA) is 15.3 Å². The maximum absolute atomic E-state index is 6.25. The second kappa shape index (κ2) is 6.90. The summed E-state index contributed by atoms with van der Waals surface area (Å²) in [5.41, 5.74) is 1.17. The number of benzene rings is 1. The monoisotopic (exact) mass is 330 g/mol. The molecule has 2 nitrogen and oxygen atoms in total. The molecule has 0 amide bonds. The Bertz CT molecular complexity index is 391. The molecule has 0 spiro atoms. The molecule has 0 aliphatic carbocycles. The molecule has 1 atom stereocenters. The fourth-order valence-corrected chi connectivity index (χ4v) is 3.25. The second-order valence-corrected chi connectivity index (χ2v) is 6.21. The zero-order valence-electron chi connectivity index (χ0n) is 10.8. The van der Waals surface area contributed by atoms with Gasteiger partial charge in [0.2, 0.25) is 0 Å². The van der Waals surface area contributed by atoms with E-state index in [1.807, 2.05) is 12.1 Å². The molecule has 1 aliphatic rings. The Morgan fingerprint density at radius 2 is 2.11 bits per heavy atom. The lowest BCUT2D eigenvalue weighted by Crippen LogP contribution is -2.31. The Morgan fingerprint density at radius 1 is 1.39 bits per heavy atom. The first-order valence-electron chi connectivity index (χ1n) is 6.57. The minimum atomic E-state index is 0.299. The Labute approximate surface area is 123 Å². The molecule has 0 radical (unpaired) electrons. The number of hydrogen-bond acceptors (Lipinski definition) is 2. The number of hydrogen-bond donors (Lipinski definition) is 1. The predicted octanol–water partition coefficient (Wildman–Crippen LogP) is 3.85. The molecule has 1 unspecified atom stereocenters. The minimum absolute atomic E-state index is 0.299. The summed E-state index contributed by atoms with van der Waals surface area (Å²) < 4.78 is 1.03. The van der Waals surface area contributed by atoms with Gasteiger partial charge in [-0.25, -0.2) is 0 Å². The Hall–Kier alpha value is -0.0900. The Kier molecular flexibility index (Phi) is 5.49. The lowest BCUT2D eigenvalue weighted by molar-refractivity contribution is 0.330. The van der Waals surface area contributed by atoms with Crippen LogP contribution < -0.4 is 5.32 Å². The van der Waals surface area contributed by atoms with Gasteiger partial charge in [0.05, 0.1) is 0 Å². The third-order valence-electron chi connectivity index (χ3n) is 3.51. The summed E-state index contributed by atoms with van der Waals surface area (Å²) in [5, 5.41) is 4.37. The van der Waals surface area contributed by atoms with Gasteiger partial charge in [-0.05, 0) is 50.6 Å². The highest BCUT2D eigenvalue weighted by Gasteiger charge is 2.12. The molecule has 0 saturated carbocycles. The molecule has 4 heteroatoms. The van der Waals surface area contributed by atoms with Crippen molar-refractivity contribution in [2.45, 2.75) is 25.8 Å². The first kappa shape index (κ1) is 14.3. The van der Waals surface area contributed by atoms with Crippen molar-refractivity contribution in [1.29, 1.82) is 0 Å². The zero-order valence-corrected chi connectivity index (χ0v) is 13.1. The average Bonchev–Trinajstić information content (AvgIpc) is 2.81. The van der Waals surface area contributed by atoms with Gasteiger partial charge in [0.25, 0.3) is 0 Å². The van der Waals surface area contributed by atoms with Crippen LogP contribution in [-0.2, 0) is 0 Å². The molecule has 2 rings (SSSR count). The highest BCUT2D eigenvalue weighted by molar-refractivity contribution is 9.10. The van der Waals surface area contributed by atoms with Gasteiger partial charge in [-0.3, -0.25) is 0 Å². The van der Waals surface area contributed by atoms with Gasteiger partial charge in [0.15, 0.2) is 0 Å². The fourth-order valence-electron chi connectivity index (χ4n) is 2.41. The smallest absolute Gasteiger partial charge is 0.0464 e. The van der Waals surface area contributed by atoms with Crippen molar-refractivity contribution in [2.75, 3.05) is 26.2 Å². The molecule has 1 aromatic carbocycles. The van der Waals surface area contributed by atoms with Crippen molar-refractivity contribution in [2.24, 2.45) is 0 Å². The quantitative estimate of drug-likeness (QED) is 0.881. The molecule has 1 aromatic rings. The van der Waals surface area contributed by atoms with E-state index < -0.39 is 0 Å². The van der Waals surface area contributed by atoms with Gasteiger partial charge in [-0.2, -0.15) is 0 Å². The van der Waals surface area contributed by atoms with E-state index in [0.29, 0.717) is 6.04 Å². The fraction of sp³-hybridized carbons (Fsp3) is 0.571. The molecule has 0 aromatic heterocycles. The van der Waals surface area contributed by atoms with E-state index in [0.717, 1.165) is 22.6 Å². The van der Waals surface area contributed by atoms with E-state index in [2.05, 4.69) is 39.1 Å². The number of nitrogens with zero attached hydrogens (tertiary/aromatic N) is 1. The zero-order chi connectivity index (χ0) is 13.0. The molecule has 18 heavy (non-hydrogen) atoms. The van der Waals surface area contributed by atoms with Gasteiger partial charge in [0.1, 0.15) is 0 Å². The van der Waals surface area contributed by atoms with Crippen molar-refractivity contribution in [3.63, 3.8) is 0 Å². The highest BCUT2D eigenvalue weighted by Crippen LogP contribution is 2.26. The molecule has 1 fully saturated rings. The van der Waals surface area contributed by atoms with Crippen LogP contribution in [0.25, 0.3) is 0 Å². The summed E-state index contributed by atoms with van der Waals surface area (Å²) in [4.78, 5) is 2.52. The van der Waals surface area contributed by atoms with E-state index >= 15 is 0 Å². The Balaban J connectivity index is 1.81. The normalized spacial score (nSPS) is 18.2. The number of halogens is 2. The summed E-state index contributed by atoms with van der Waals surface area (Å²) in [6, 6.07) is 6.38. The van der Waals surface area contributed by atoms with Crippen LogP contribution in [0.3, 0.4) is 0 Å². The van der Waals surface area contributed by atoms with E-state index in [4.69, 9.17) is 11.6 Å². The van der Waals surface area contributed by atoms with Crippen LogP contribution in [0.5, 0.6) is 0 Å². The average molecular weight is 332 g/mol. The standard InChI is InChI=1S/C14H20BrClN2/c1-11(13-5-4-12(15)10-14(13)16)17-6-9-18-7-2-3-8-18/h4-5,10-11,17H,2-3,6-9H2,1H3. The van der Waals surface area contributed by atoms with Crippen molar-refractivity contribution < 1.29 is 0 Å². The van der Waals surface area contributed by atoms with Crippen LogP contribution >= 0.6 is 27.5 Å². The summed E-state index contributed by atoms with van der Waals surface area (Å²) in [6.45, 7) is 6.84. The molecule has 1 N–H and O–H groups in total. The van der Waals surface area contributed by atoms with Gasteiger partial charge in [0, 0.05) is 28.6 Å². The molecule has 1 aliphatic heterocycles. The van der Waals surface area contributed by atoms with Crippen molar-refractivity contribution in [3.05, 3.63) is 33.3 Å². The lowest BCUT2D eigenvalue weighted by atomic mass is 10.1. The highest BCUT2D eigenvalue weighted by atomic mass is 79.9. The van der Waals surface area contributed by atoms with Gasteiger partial charge >= 0.3 is 0 Å². The van der Waals surface area contributed by atoms with E-state index in [-0.39, 0.29) is 0 Å². The second-order valence-electron chi connectivity index (χ2n) is 4.89. The molecular weight excluding hydrogens is 312 g/mol. The summed E-state index contributed by atoms with van der Waals surface area (Å²) in [7, 11) is 0. The van der Waals surface area contributed by atoms with Crippen LogP contribution in [0.2, 0.25) is 5.02 Å². The molecule has 100 valence electrons. The van der Waals surface area contributed by atoms with E-state index in [1.165, 1.54) is 31.5 Å². The lowest BCUT2D eigenvalue weighted by Gasteiger charge is -2.19. The minimum Gasteiger partial charge on any atom is -0.309 e. The van der Waals surface area contributed by atoms with Crippen molar-refractivity contribution >= 4 is 27.5 Å². The molecule has 1 saturated heterocycles. The van der Waals surface area contributed by atoms with Crippen LogP contribution in [-0.4, -0.2) is 31.1 Å². The predicted molar refractivity (Wildman–Crippen MR) is 81.2 cm³/mol. The van der Waals surface area contributed by atoms with Gasteiger partial charge in [-0.15, -0.1) is 0 Å². The van der Waals surface area contributed by atoms with Crippen LogP contribution in [0, 0.1) is 0 Å². The van der Waals surface area contributed by atoms with Gasteiger partial charge < -0.3 is 10.2 Å². The van der Waals surface area contributed by atoms with Crippen molar-refractivity contribution in [1.82, 2.24) is 10.2 Å². The third kappa shape index (κ3) is 3.95. The van der Waals surface area contributed by atoms with Crippen LogP contribution in [0.15, 0.2) is 22.7 Å². The summed E-state index contributed by atoms with van der Waals surface area (Å²) in [5.74, 6) is 0. The first-order valence-corrected chi connectivity index (χ1v) is 7.74.